The number of hydrogen-bond donors (Lipinski definition) is 1. The molecule has 0 aliphatic heterocycles. The van der Waals surface area contributed by atoms with Gasteiger partial charge in [0.15, 0.2) is 11.5 Å². The molecule has 0 unspecified atom stereocenters. The van der Waals surface area contributed by atoms with Crippen LogP contribution in [0.25, 0.3) is 0 Å². The second-order valence-corrected chi connectivity index (χ2v) is 5.75. The van der Waals surface area contributed by atoms with Gasteiger partial charge in [0.2, 0.25) is 0 Å². The van der Waals surface area contributed by atoms with Gasteiger partial charge in [0.25, 0.3) is 0 Å². The number of ether oxygens (including phenoxy) is 2. The van der Waals surface area contributed by atoms with Gasteiger partial charge in [0.1, 0.15) is 0 Å². The van der Waals surface area contributed by atoms with Gasteiger partial charge >= 0.3 is 0 Å². The Labute approximate surface area is 140 Å². The summed E-state index contributed by atoms with van der Waals surface area (Å²) >= 11 is 6.34. The smallest absolute Gasteiger partial charge is 0.162 e. The highest BCUT2D eigenvalue weighted by Crippen LogP contribution is 2.33. The lowest BCUT2D eigenvalue weighted by molar-refractivity contribution is 0.287. The summed E-state index contributed by atoms with van der Waals surface area (Å²) in [5.74, 6) is 1.49. The summed E-state index contributed by atoms with van der Waals surface area (Å²) in [6, 6.07) is 3.84. The molecule has 0 fully saturated rings. The summed E-state index contributed by atoms with van der Waals surface area (Å²) in [5, 5.41) is 4.19. The van der Waals surface area contributed by atoms with Gasteiger partial charge in [-0.15, -0.1) is 0 Å². The Hall–Kier alpha value is -0.930. The molecule has 1 aromatic carbocycles. The molecule has 0 aromatic heterocycles. The predicted molar refractivity (Wildman–Crippen MR) is 94.3 cm³/mol. The Morgan fingerprint density at radius 2 is 1.55 bits per heavy atom. The summed E-state index contributed by atoms with van der Waals surface area (Å²) in [6.45, 7) is 9.17. The van der Waals surface area contributed by atoms with E-state index >= 15 is 0 Å². The average molecular weight is 328 g/mol. The van der Waals surface area contributed by atoms with E-state index in [1.165, 1.54) is 32.1 Å². The Kier molecular flexibility index (Phi) is 10.1. The van der Waals surface area contributed by atoms with Crippen molar-refractivity contribution >= 4 is 11.6 Å². The third kappa shape index (κ3) is 6.89. The third-order valence-electron chi connectivity index (χ3n) is 3.48. The maximum absolute atomic E-state index is 6.34. The first kappa shape index (κ1) is 19.1. The molecule has 0 amide bonds. The number of hydrogen-bond acceptors (Lipinski definition) is 3. The van der Waals surface area contributed by atoms with E-state index in [-0.39, 0.29) is 0 Å². The molecular weight excluding hydrogens is 298 g/mol. The van der Waals surface area contributed by atoms with Crippen molar-refractivity contribution < 1.29 is 9.47 Å². The molecule has 0 aliphatic carbocycles. The normalized spacial score (nSPS) is 10.7. The molecular formula is C18H30ClNO2. The average Bonchev–Trinajstić information content (AvgIpc) is 2.50. The molecule has 0 spiro atoms. The van der Waals surface area contributed by atoms with Crippen molar-refractivity contribution in [3.05, 3.63) is 22.7 Å². The molecule has 0 atom stereocenters. The molecule has 0 saturated heterocycles. The standard InChI is InChI=1S/C18H30ClNO2/c1-4-7-8-9-10-11-20-14-15-12-17(21-5-2)18(22-6-3)13-16(15)19/h12-13,20H,4-11,14H2,1-3H3. The molecule has 1 rings (SSSR count). The zero-order chi connectivity index (χ0) is 16.2. The monoisotopic (exact) mass is 327 g/mol. The third-order valence-corrected chi connectivity index (χ3v) is 3.84. The fourth-order valence-electron chi connectivity index (χ4n) is 2.33. The summed E-state index contributed by atoms with van der Waals surface area (Å²) in [5.41, 5.74) is 1.06. The fraction of sp³-hybridized carbons (Fsp3) is 0.667. The van der Waals surface area contributed by atoms with Crippen molar-refractivity contribution in [3.63, 3.8) is 0 Å². The van der Waals surface area contributed by atoms with Crippen molar-refractivity contribution in [1.29, 1.82) is 0 Å². The first-order valence-corrected chi connectivity index (χ1v) is 8.89. The van der Waals surface area contributed by atoms with Crippen molar-refractivity contribution in [2.75, 3.05) is 19.8 Å². The first-order valence-electron chi connectivity index (χ1n) is 8.51. The number of rotatable bonds is 12. The van der Waals surface area contributed by atoms with Crippen molar-refractivity contribution in [2.24, 2.45) is 0 Å². The minimum Gasteiger partial charge on any atom is -0.490 e. The molecule has 3 nitrogen and oxygen atoms in total. The molecule has 4 heteroatoms. The van der Waals surface area contributed by atoms with E-state index in [1.807, 2.05) is 26.0 Å². The second-order valence-electron chi connectivity index (χ2n) is 5.35. The zero-order valence-electron chi connectivity index (χ0n) is 14.2. The lowest BCUT2D eigenvalue weighted by atomic mass is 10.1. The van der Waals surface area contributed by atoms with Gasteiger partial charge in [-0.2, -0.15) is 0 Å². The van der Waals surface area contributed by atoms with Crippen LogP contribution in [0.3, 0.4) is 0 Å². The van der Waals surface area contributed by atoms with Gasteiger partial charge in [0, 0.05) is 17.6 Å². The highest BCUT2D eigenvalue weighted by atomic mass is 35.5. The van der Waals surface area contributed by atoms with Crippen LogP contribution in [0.4, 0.5) is 0 Å². The minimum absolute atomic E-state index is 0.603. The van der Waals surface area contributed by atoms with E-state index in [0.29, 0.717) is 13.2 Å². The SMILES string of the molecule is CCCCCCCNCc1cc(OCC)c(OCC)cc1Cl. The van der Waals surface area contributed by atoms with Gasteiger partial charge in [-0.1, -0.05) is 44.2 Å². The molecule has 0 saturated carbocycles. The summed E-state index contributed by atoms with van der Waals surface area (Å²) in [7, 11) is 0. The number of nitrogens with one attached hydrogen (secondary N) is 1. The summed E-state index contributed by atoms with van der Waals surface area (Å²) < 4.78 is 11.2. The molecule has 1 N–H and O–H groups in total. The topological polar surface area (TPSA) is 30.5 Å². The molecule has 1 aromatic rings. The van der Waals surface area contributed by atoms with Crippen LogP contribution in [0.15, 0.2) is 12.1 Å². The largest absolute Gasteiger partial charge is 0.490 e. The van der Waals surface area contributed by atoms with Gasteiger partial charge in [0.05, 0.1) is 13.2 Å². The van der Waals surface area contributed by atoms with Crippen LogP contribution in [0.1, 0.15) is 58.4 Å². The Bertz CT molecular complexity index is 424. The molecule has 0 bridgehead atoms. The summed E-state index contributed by atoms with van der Waals surface area (Å²) in [4.78, 5) is 0. The van der Waals surface area contributed by atoms with Crippen LogP contribution in [-0.4, -0.2) is 19.8 Å². The van der Waals surface area contributed by atoms with Crippen LogP contribution in [0.2, 0.25) is 5.02 Å². The van der Waals surface area contributed by atoms with E-state index in [0.717, 1.165) is 35.2 Å². The minimum atomic E-state index is 0.603. The van der Waals surface area contributed by atoms with Crippen LogP contribution >= 0.6 is 11.6 Å². The summed E-state index contributed by atoms with van der Waals surface area (Å²) in [6.07, 6.45) is 6.46. The number of unbranched alkanes of at least 4 members (excludes halogenated alkanes) is 4. The van der Waals surface area contributed by atoms with Crippen molar-refractivity contribution in [1.82, 2.24) is 5.32 Å². The molecule has 0 radical (unpaired) electrons. The quantitative estimate of drug-likeness (QED) is 0.535. The molecule has 0 heterocycles. The van der Waals surface area contributed by atoms with Crippen LogP contribution < -0.4 is 14.8 Å². The Morgan fingerprint density at radius 3 is 2.18 bits per heavy atom. The van der Waals surface area contributed by atoms with Gasteiger partial charge in [-0.25, -0.2) is 0 Å². The van der Waals surface area contributed by atoms with E-state index in [2.05, 4.69) is 12.2 Å². The lowest BCUT2D eigenvalue weighted by Crippen LogP contribution is -2.15. The van der Waals surface area contributed by atoms with Crippen LogP contribution in [-0.2, 0) is 6.54 Å². The lowest BCUT2D eigenvalue weighted by Gasteiger charge is -2.14. The van der Waals surface area contributed by atoms with Gasteiger partial charge in [-0.05, 0) is 38.4 Å². The maximum atomic E-state index is 6.34. The fourth-order valence-corrected chi connectivity index (χ4v) is 2.55. The second kappa shape index (κ2) is 11.6. The van der Waals surface area contributed by atoms with Crippen LogP contribution in [0.5, 0.6) is 11.5 Å². The maximum Gasteiger partial charge on any atom is 0.162 e. The van der Waals surface area contributed by atoms with E-state index in [9.17, 15) is 0 Å². The number of halogens is 1. The molecule has 126 valence electrons. The van der Waals surface area contributed by atoms with E-state index < -0.39 is 0 Å². The van der Waals surface area contributed by atoms with Gasteiger partial charge < -0.3 is 14.8 Å². The molecule has 0 aliphatic rings. The Balaban J connectivity index is 2.50. The van der Waals surface area contributed by atoms with E-state index in [4.69, 9.17) is 21.1 Å². The van der Waals surface area contributed by atoms with Crippen molar-refractivity contribution in [3.8, 4) is 11.5 Å². The van der Waals surface area contributed by atoms with E-state index in [1.54, 1.807) is 0 Å². The molecule has 22 heavy (non-hydrogen) atoms. The van der Waals surface area contributed by atoms with Gasteiger partial charge in [-0.3, -0.25) is 0 Å². The Morgan fingerprint density at radius 1 is 0.909 bits per heavy atom. The van der Waals surface area contributed by atoms with Crippen LogP contribution in [0, 0.1) is 0 Å². The highest BCUT2D eigenvalue weighted by molar-refractivity contribution is 6.31. The predicted octanol–water partition coefficient (Wildman–Crippen LogP) is 5.20. The highest BCUT2D eigenvalue weighted by Gasteiger charge is 2.10. The first-order chi connectivity index (χ1) is 10.7. The zero-order valence-corrected chi connectivity index (χ0v) is 15.0. The van der Waals surface area contributed by atoms with Crippen molar-refractivity contribution in [2.45, 2.75) is 59.4 Å². The number of benzene rings is 1.